The minimum Gasteiger partial charge on any atom is -0.345 e. The molecule has 2 nitrogen and oxygen atoms in total. The lowest BCUT2D eigenvalue weighted by molar-refractivity contribution is -0.145. The van der Waals surface area contributed by atoms with Crippen LogP contribution in [0.25, 0.3) is 0 Å². The van der Waals surface area contributed by atoms with E-state index >= 15 is 0 Å². The van der Waals surface area contributed by atoms with E-state index in [1.807, 2.05) is 13.8 Å². The van der Waals surface area contributed by atoms with Crippen molar-refractivity contribution in [1.29, 1.82) is 0 Å². The zero-order valence-corrected chi connectivity index (χ0v) is 10.6. The first-order chi connectivity index (χ1) is 6.59. The first-order valence-corrected chi connectivity index (χ1v) is 6.08. The van der Waals surface area contributed by atoms with E-state index in [0.29, 0.717) is 0 Å². The summed E-state index contributed by atoms with van der Waals surface area (Å²) in [6, 6.07) is 0. The average Bonchev–Trinajstić information content (AvgIpc) is 2.41. The Balaban J connectivity index is 2.51. The Hall–Kier alpha value is -0.0400. The zero-order valence-electron chi connectivity index (χ0n) is 8.97. The van der Waals surface area contributed by atoms with Crippen LogP contribution in [0.15, 0.2) is 0 Å². The van der Waals surface area contributed by atoms with Crippen molar-refractivity contribution < 1.29 is 9.47 Å². The number of hydrogen-bond acceptors (Lipinski definition) is 2. The number of ether oxygens (including phenoxy) is 2. The summed E-state index contributed by atoms with van der Waals surface area (Å²) in [5, 5.41) is 0.723. The van der Waals surface area contributed by atoms with Gasteiger partial charge in [-0.3, -0.25) is 0 Å². The Labute approximate surface area is 94.5 Å². The molecule has 0 radical (unpaired) electrons. The number of halogens is 1. The Kier molecular flexibility index (Phi) is 4.43. The molecule has 0 bridgehead atoms. The lowest BCUT2D eigenvalue weighted by Gasteiger charge is -2.16. The van der Waals surface area contributed by atoms with Gasteiger partial charge in [0.15, 0.2) is 5.79 Å². The minimum atomic E-state index is -0.443. The maximum absolute atomic E-state index is 5.76. The van der Waals surface area contributed by atoms with Gasteiger partial charge in [0, 0.05) is 6.42 Å². The second-order valence-electron chi connectivity index (χ2n) is 3.81. The van der Waals surface area contributed by atoms with E-state index in [2.05, 4.69) is 34.7 Å². The average molecular weight is 261 g/mol. The molecule has 0 aromatic heterocycles. The van der Waals surface area contributed by atoms with E-state index in [-0.39, 0.29) is 12.2 Å². The molecule has 0 aliphatic carbocycles. The fraction of sp³-hybridized carbons (Fsp3) is 0.818. The molecule has 1 aliphatic heterocycles. The van der Waals surface area contributed by atoms with Gasteiger partial charge in [-0.05, 0) is 20.3 Å². The second kappa shape index (κ2) is 5.16. The van der Waals surface area contributed by atoms with Crippen molar-refractivity contribution in [2.24, 2.45) is 0 Å². The van der Waals surface area contributed by atoms with Crippen LogP contribution in [0.3, 0.4) is 0 Å². The van der Waals surface area contributed by atoms with Gasteiger partial charge in [-0.1, -0.05) is 34.7 Å². The summed E-state index contributed by atoms with van der Waals surface area (Å²) in [5.74, 6) is 5.61. The van der Waals surface area contributed by atoms with Crippen LogP contribution in [0.2, 0.25) is 0 Å². The highest BCUT2D eigenvalue weighted by Gasteiger charge is 2.39. The van der Waals surface area contributed by atoms with Crippen LogP contribution in [0.5, 0.6) is 0 Å². The Morgan fingerprint density at radius 1 is 1.21 bits per heavy atom. The van der Waals surface area contributed by atoms with Gasteiger partial charge in [-0.2, -0.15) is 0 Å². The SMILES string of the molecule is CC[C@@H]1OC(C)(C)O[C@H]1CC#CCBr. The molecule has 1 saturated heterocycles. The topological polar surface area (TPSA) is 18.5 Å². The van der Waals surface area contributed by atoms with Crippen LogP contribution in [0.1, 0.15) is 33.6 Å². The van der Waals surface area contributed by atoms with E-state index in [0.717, 1.165) is 18.2 Å². The van der Waals surface area contributed by atoms with E-state index in [1.165, 1.54) is 0 Å². The summed E-state index contributed by atoms with van der Waals surface area (Å²) in [6.45, 7) is 6.02. The third kappa shape index (κ3) is 3.27. The summed E-state index contributed by atoms with van der Waals surface area (Å²) < 4.78 is 11.5. The summed E-state index contributed by atoms with van der Waals surface area (Å²) in [6.07, 6.45) is 2.05. The van der Waals surface area contributed by atoms with Crippen LogP contribution in [-0.4, -0.2) is 23.3 Å². The Morgan fingerprint density at radius 3 is 2.43 bits per heavy atom. The highest BCUT2D eigenvalue weighted by Crippen LogP contribution is 2.31. The van der Waals surface area contributed by atoms with Gasteiger partial charge in [0.05, 0.1) is 17.5 Å². The van der Waals surface area contributed by atoms with Crippen LogP contribution in [0, 0.1) is 11.8 Å². The second-order valence-corrected chi connectivity index (χ2v) is 4.37. The normalized spacial score (nSPS) is 29.7. The van der Waals surface area contributed by atoms with Crippen LogP contribution in [0.4, 0.5) is 0 Å². The largest absolute Gasteiger partial charge is 0.345 e. The summed E-state index contributed by atoms with van der Waals surface area (Å²) in [4.78, 5) is 0. The first kappa shape index (κ1) is 12.0. The van der Waals surface area contributed by atoms with Crippen LogP contribution in [-0.2, 0) is 9.47 Å². The molecule has 0 spiro atoms. The van der Waals surface area contributed by atoms with Gasteiger partial charge in [-0.25, -0.2) is 0 Å². The van der Waals surface area contributed by atoms with E-state index < -0.39 is 5.79 Å². The lowest BCUT2D eigenvalue weighted by atomic mass is 10.1. The molecule has 3 heteroatoms. The maximum atomic E-state index is 5.76. The van der Waals surface area contributed by atoms with E-state index in [9.17, 15) is 0 Å². The lowest BCUT2D eigenvalue weighted by Crippen LogP contribution is -2.21. The van der Waals surface area contributed by atoms with E-state index in [1.54, 1.807) is 0 Å². The van der Waals surface area contributed by atoms with Crippen molar-refractivity contribution in [1.82, 2.24) is 0 Å². The smallest absolute Gasteiger partial charge is 0.163 e. The van der Waals surface area contributed by atoms with Crippen molar-refractivity contribution in [3.05, 3.63) is 0 Å². The summed E-state index contributed by atoms with van der Waals surface area (Å²) in [5.41, 5.74) is 0. The zero-order chi connectivity index (χ0) is 10.6. The fourth-order valence-corrected chi connectivity index (χ4v) is 1.85. The number of hydrogen-bond donors (Lipinski definition) is 0. The molecule has 0 aromatic rings. The van der Waals surface area contributed by atoms with Crippen molar-refractivity contribution in [2.45, 2.75) is 51.6 Å². The maximum Gasteiger partial charge on any atom is 0.163 e. The number of rotatable bonds is 2. The van der Waals surface area contributed by atoms with Crippen LogP contribution >= 0.6 is 15.9 Å². The monoisotopic (exact) mass is 260 g/mol. The third-order valence-corrected chi connectivity index (χ3v) is 2.46. The Bertz CT molecular complexity index is 239. The molecule has 0 saturated carbocycles. The van der Waals surface area contributed by atoms with Gasteiger partial charge < -0.3 is 9.47 Å². The van der Waals surface area contributed by atoms with Gasteiger partial charge in [0.25, 0.3) is 0 Å². The van der Waals surface area contributed by atoms with Crippen molar-refractivity contribution in [3.8, 4) is 11.8 Å². The Morgan fingerprint density at radius 2 is 1.86 bits per heavy atom. The molecular formula is C11H17BrO2. The van der Waals surface area contributed by atoms with E-state index in [4.69, 9.17) is 9.47 Å². The first-order valence-electron chi connectivity index (χ1n) is 4.96. The molecule has 1 aliphatic rings. The highest BCUT2D eigenvalue weighted by molar-refractivity contribution is 9.09. The molecule has 80 valence electrons. The highest BCUT2D eigenvalue weighted by atomic mass is 79.9. The van der Waals surface area contributed by atoms with Gasteiger partial charge in [0.1, 0.15) is 0 Å². The van der Waals surface area contributed by atoms with Gasteiger partial charge in [-0.15, -0.1) is 0 Å². The number of alkyl halides is 1. The van der Waals surface area contributed by atoms with Gasteiger partial charge in [0.2, 0.25) is 0 Å². The summed E-state index contributed by atoms with van der Waals surface area (Å²) in [7, 11) is 0. The molecule has 0 N–H and O–H groups in total. The third-order valence-electron chi connectivity index (χ3n) is 2.18. The predicted octanol–water partition coefficient (Wildman–Crippen LogP) is 2.70. The minimum absolute atomic E-state index is 0.126. The predicted molar refractivity (Wildman–Crippen MR) is 60.3 cm³/mol. The summed E-state index contributed by atoms with van der Waals surface area (Å²) >= 11 is 3.27. The molecular weight excluding hydrogens is 244 g/mol. The molecule has 1 heterocycles. The molecule has 0 unspecified atom stereocenters. The van der Waals surface area contributed by atoms with Crippen molar-refractivity contribution >= 4 is 15.9 Å². The van der Waals surface area contributed by atoms with Gasteiger partial charge >= 0.3 is 0 Å². The molecule has 0 amide bonds. The molecule has 0 aromatic carbocycles. The quantitative estimate of drug-likeness (QED) is 0.562. The van der Waals surface area contributed by atoms with Crippen molar-refractivity contribution in [2.75, 3.05) is 5.33 Å². The fourth-order valence-electron chi connectivity index (χ4n) is 1.65. The standard InChI is InChI=1S/C11H17BrO2/c1-4-9-10(7-5-6-8-12)14-11(2,3)13-9/h9-10H,4,7-8H2,1-3H3/t9-,10-/m0/s1. The van der Waals surface area contributed by atoms with Crippen LogP contribution < -0.4 is 0 Å². The molecule has 14 heavy (non-hydrogen) atoms. The molecule has 1 fully saturated rings. The molecule has 2 atom stereocenters. The molecule has 1 rings (SSSR count). The van der Waals surface area contributed by atoms with Crippen molar-refractivity contribution in [3.63, 3.8) is 0 Å².